The maximum Gasteiger partial charge on any atom is 0.308 e. The molecule has 0 rings (SSSR count). The van der Waals surface area contributed by atoms with Gasteiger partial charge in [0.15, 0.2) is 0 Å². The highest BCUT2D eigenvalue weighted by Gasteiger charge is 2.15. The zero-order valence-corrected chi connectivity index (χ0v) is 18.6. The number of amides is 2. The number of carbonyl (C=O) groups is 3. The van der Waals surface area contributed by atoms with Crippen molar-refractivity contribution in [1.29, 1.82) is 0 Å². The Balaban J connectivity index is 3.71. The molecular formula is C21H36N2O6. The van der Waals surface area contributed by atoms with Crippen molar-refractivity contribution in [3.8, 4) is 11.8 Å². The Bertz CT molecular complexity index is 579. The molecule has 0 aromatic heterocycles. The number of hydrogen-bond donors (Lipinski definition) is 2. The van der Waals surface area contributed by atoms with Gasteiger partial charge in [0.2, 0.25) is 0 Å². The van der Waals surface area contributed by atoms with Crippen LogP contribution >= 0.6 is 0 Å². The van der Waals surface area contributed by atoms with Crippen LogP contribution in [-0.4, -0.2) is 62.9 Å². The first kappa shape index (κ1) is 26.9. The predicted molar refractivity (Wildman–Crippen MR) is 110 cm³/mol. The molecular weight excluding hydrogens is 376 g/mol. The van der Waals surface area contributed by atoms with Gasteiger partial charge in [-0.2, -0.15) is 0 Å². The lowest BCUT2D eigenvalue weighted by Gasteiger charge is -2.19. The van der Waals surface area contributed by atoms with Crippen molar-refractivity contribution in [2.24, 2.45) is 5.41 Å². The number of hydrogen-bond acceptors (Lipinski definition) is 6. The van der Waals surface area contributed by atoms with E-state index in [1.165, 1.54) is 0 Å². The van der Waals surface area contributed by atoms with Crippen LogP contribution in [0.15, 0.2) is 0 Å². The van der Waals surface area contributed by atoms with E-state index in [0.29, 0.717) is 19.8 Å². The number of carbonyl (C=O) groups excluding carboxylic acids is 3. The van der Waals surface area contributed by atoms with Gasteiger partial charge in [0.25, 0.3) is 11.8 Å². The van der Waals surface area contributed by atoms with Gasteiger partial charge in [-0.1, -0.05) is 20.8 Å². The van der Waals surface area contributed by atoms with E-state index in [4.69, 9.17) is 14.2 Å². The Hall–Kier alpha value is -2.11. The molecule has 0 atom stereocenters. The standard InChI is InChI=1S/C21H36N2O6/c1-20(2,3)10-14-28-16-12-23-18(25)8-7-17(24)22-11-15-27-13-9-19(26)29-21(4,5)6/h9-16H2,1-6H3,(H,22,24)(H,23,25). The fraction of sp³-hybridized carbons (Fsp3) is 0.762. The molecule has 0 bridgehead atoms. The normalized spacial score (nSPS) is 11.2. The van der Waals surface area contributed by atoms with E-state index in [2.05, 4.69) is 43.2 Å². The molecule has 0 aliphatic carbocycles. The molecule has 0 saturated heterocycles. The van der Waals surface area contributed by atoms with Crippen molar-refractivity contribution < 1.29 is 28.6 Å². The van der Waals surface area contributed by atoms with Crippen LogP contribution in [0.4, 0.5) is 0 Å². The summed E-state index contributed by atoms with van der Waals surface area (Å²) in [4.78, 5) is 34.5. The molecule has 0 spiro atoms. The predicted octanol–water partition coefficient (Wildman–Crippen LogP) is 1.42. The lowest BCUT2D eigenvalue weighted by Crippen LogP contribution is -2.28. The molecule has 0 aliphatic rings. The highest BCUT2D eigenvalue weighted by molar-refractivity contribution is 6.02. The summed E-state index contributed by atoms with van der Waals surface area (Å²) in [6.45, 7) is 13.8. The second kappa shape index (κ2) is 14.0. The van der Waals surface area contributed by atoms with Crippen LogP contribution in [0.1, 0.15) is 54.4 Å². The van der Waals surface area contributed by atoms with Crippen molar-refractivity contribution in [3.05, 3.63) is 0 Å². The van der Waals surface area contributed by atoms with E-state index < -0.39 is 17.4 Å². The number of ether oxygens (including phenoxy) is 3. The molecule has 166 valence electrons. The Morgan fingerprint density at radius 2 is 1.24 bits per heavy atom. The maximum absolute atomic E-state index is 11.5. The van der Waals surface area contributed by atoms with Gasteiger partial charge in [-0.3, -0.25) is 14.4 Å². The summed E-state index contributed by atoms with van der Waals surface area (Å²) >= 11 is 0. The monoisotopic (exact) mass is 412 g/mol. The van der Waals surface area contributed by atoms with Gasteiger partial charge in [0.05, 0.1) is 26.2 Å². The third-order valence-electron chi connectivity index (χ3n) is 3.22. The van der Waals surface area contributed by atoms with E-state index in [9.17, 15) is 14.4 Å². The van der Waals surface area contributed by atoms with Gasteiger partial charge in [-0.05, 0) is 32.6 Å². The van der Waals surface area contributed by atoms with E-state index in [0.717, 1.165) is 6.42 Å². The summed E-state index contributed by atoms with van der Waals surface area (Å²) in [7, 11) is 0. The van der Waals surface area contributed by atoms with Gasteiger partial charge < -0.3 is 24.8 Å². The highest BCUT2D eigenvalue weighted by atomic mass is 16.6. The quantitative estimate of drug-likeness (QED) is 0.302. The Labute approximate surface area is 174 Å². The van der Waals surface area contributed by atoms with Crippen LogP contribution in [0.3, 0.4) is 0 Å². The molecule has 2 N–H and O–H groups in total. The summed E-state index contributed by atoms with van der Waals surface area (Å²) in [5, 5.41) is 5.06. The topological polar surface area (TPSA) is 103 Å². The SMILES string of the molecule is CC(C)(C)CCOCCNC(=O)C#CC(=O)NCCOCCC(=O)OC(C)(C)C. The highest BCUT2D eigenvalue weighted by Crippen LogP contribution is 2.17. The Morgan fingerprint density at radius 3 is 1.69 bits per heavy atom. The summed E-state index contributed by atoms with van der Waals surface area (Å²) in [6, 6.07) is 0. The molecule has 2 amide bonds. The Kier molecular flexibility index (Phi) is 12.9. The minimum absolute atomic E-state index is 0.144. The zero-order valence-electron chi connectivity index (χ0n) is 18.6. The van der Waals surface area contributed by atoms with Gasteiger partial charge in [-0.15, -0.1) is 0 Å². The lowest BCUT2D eigenvalue weighted by molar-refractivity contribution is -0.156. The molecule has 0 heterocycles. The maximum atomic E-state index is 11.5. The lowest BCUT2D eigenvalue weighted by atomic mass is 9.93. The fourth-order valence-corrected chi connectivity index (χ4v) is 1.81. The van der Waals surface area contributed by atoms with Crippen LogP contribution in [-0.2, 0) is 28.6 Å². The van der Waals surface area contributed by atoms with Gasteiger partial charge in [0.1, 0.15) is 5.60 Å². The van der Waals surface area contributed by atoms with E-state index in [1.54, 1.807) is 20.8 Å². The number of esters is 1. The first-order valence-corrected chi connectivity index (χ1v) is 9.84. The van der Waals surface area contributed by atoms with Gasteiger partial charge in [-0.25, -0.2) is 0 Å². The van der Waals surface area contributed by atoms with Crippen LogP contribution in [0.25, 0.3) is 0 Å². The van der Waals surface area contributed by atoms with E-state index in [-0.39, 0.29) is 37.6 Å². The van der Waals surface area contributed by atoms with Crippen molar-refractivity contribution in [3.63, 3.8) is 0 Å². The van der Waals surface area contributed by atoms with Crippen molar-refractivity contribution in [1.82, 2.24) is 10.6 Å². The second-order valence-corrected chi connectivity index (χ2v) is 8.63. The van der Waals surface area contributed by atoms with E-state index in [1.807, 2.05) is 0 Å². The molecule has 0 aromatic rings. The van der Waals surface area contributed by atoms with Crippen LogP contribution in [0, 0.1) is 17.3 Å². The molecule has 0 aliphatic heterocycles. The van der Waals surface area contributed by atoms with Gasteiger partial charge in [0, 0.05) is 31.5 Å². The fourth-order valence-electron chi connectivity index (χ4n) is 1.81. The molecule has 0 fully saturated rings. The van der Waals surface area contributed by atoms with Crippen LogP contribution < -0.4 is 10.6 Å². The summed E-state index contributed by atoms with van der Waals surface area (Å²) in [6.07, 6.45) is 1.08. The first-order valence-electron chi connectivity index (χ1n) is 9.84. The molecule has 8 nitrogen and oxygen atoms in total. The molecule has 8 heteroatoms. The first-order chi connectivity index (χ1) is 13.4. The molecule has 0 unspecified atom stereocenters. The third-order valence-corrected chi connectivity index (χ3v) is 3.22. The number of nitrogens with one attached hydrogen (secondary N) is 2. The van der Waals surface area contributed by atoms with Crippen LogP contribution in [0.5, 0.6) is 0 Å². The third kappa shape index (κ3) is 20.4. The second-order valence-electron chi connectivity index (χ2n) is 8.63. The smallest absolute Gasteiger partial charge is 0.308 e. The average molecular weight is 413 g/mol. The molecule has 0 aromatic carbocycles. The Morgan fingerprint density at radius 1 is 0.759 bits per heavy atom. The summed E-state index contributed by atoms with van der Waals surface area (Å²) < 4.78 is 15.8. The largest absolute Gasteiger partial charge is 0.460 e. The molecule has 0 radical (unpaired) electrons. The molecule has 29 heavy (non-hydrogen) atoms. The number of rotatable bonds is 11. The van der Waals surface area contributed by atoms with Crippen molar-refractivity contribution in [2.75, 3.05) is 39.5 Å². The van der Waals surface area contributed by atoms with Gasteiger partial charge >= 0.3 is 5.97 Å². The summed E-state index contributed by atoms with van der Waals surface area (Å²) in [5.41, 5.74) is -0.305. The zero-order chi connectivity index (χ0) is 22.3. The molecule has 0 saturated carbocycles. The van der Waals surface area contributed by atoms with Crippen molar-refractivity contribution in [2.45, 2.75) is 60.0 Å². The van der Waals surface area contributed by atoms with E-state index >= 15 is 0 Å². The summed E-state index contributed by atoms with van der Waals surface area (Å²) in [5.74, 6) is 2.98. The average Bonchev–Trinajstić information content (AvgIpc) is 2.56. The minimum Gasteiger partial charge on any atom is -0.460 e. The minimum atomic E-state index is -0.572. The van der Waals surface area contributed by atoms with Crippen molar-refractivity contribution >= 4 is 17.8 Å². The van der Waals surface area contributed by atoms with Crippen LogP contribution in [0.2, 0.25) is 0 Å².